The highest BCUT2D eigenvalue weighted by atomic mass is 16.5. The van der Waals surface area contributed by atoms with Crippen LogP contribution in [0.4, 0.5) is 5.69 Å². The summed E-state index contributed by atoms with van der Waals surface area (Å²) in [5.74, 6) is 0.765. The van der Waals surface area contributed by atoms with Gasteiger partial charge in [0.15, 0.2) is 0 Å². The van der Waals surface area contributed by atoms with E-state index in [4.69, 9.17) is 4.74 Å². The van der Waals surface area contributed by atoms with Crippen LogP contribution in [-0.4, -0.2) is 30.6 Å². The maximum Gasteiger partial charge on any atom is 0.242 e. The van der Waals surface area contributed by atoms with E-state index in [0.29, 0.717) is 13.0 Å². The number of anilines is 1. The van der Waals surface area contributed by atoms with Crippen LogP contribution in [0.5, 0.6) is 5.75 Å². The van der Waals surface area contributed by atoms with Crippen LogP contribution in [0.15, 0.2) is 48.8 Å². The van der Waals surface area contributed by atoms with E-state index in [-0.39, 0.29) is 11.9 Å². The van der Waals surface area contributed by atoms with Crippen molar-refractivity contribution >= 4 is 11.6 Å². The molecule has 5 heteroatoms. The first kappa shape index (κ1) is 16.8. The molecule has 1 heterocycles. The lowest BCUT2D eigenvalue weighted by atomic mass is 10.1. The maximum atomic E-state index is 12.3. The van der Waals surface area contributed by atoms with Gasteiger partial charge in [-0.1, -0.05) is 19.1 Å². The van der Waals surface area contributed by atoms with Crippen molar-refractivity contribution in [3.05, 3.63) is 54.4 Å². The molecule has 0 aliphatic heterocycles. The molecule has 5 nitrogen and oxygen atoms in total. The third-order valence-corrected chi connectivity index (χ3v) is 3.57. The van der Waals surface area contributed by atoms with Crippen molar-refractivity contribution in [3.8, 4) is 5.75 Å². The molecular weight excluding hydrogens is 290 g/mol. The molecule has 1 atom stereocenters. The van der Waals surface area contributed by atoms with Crippen molar-refractivity contribution in [3.63, 3.8) is 0 Å². The Kier molecular flexibility index (Phi) is 6.41. The SMILES string of the molecule is CC[C@@H](Nc1cccc(OC)c1)C(=O)NCCc1cccnc1. The summed E-state index contributed by atoms with van der Waals surface area (Å²) < 4.78 is 5.20. The number of carbonyl (C=O) groups excluding carboxylic acids is 1. The average Bonchev–Trinajstić information content (AvgIpc) is 2.60. The third kappa shape index (κ3) is 5.29. The van der Waals surface area contributed by atoms with Crippen molar-refractivity contribution in [1.82, 2.24) is 10.3 Å². The smallest absolute Gasteiger partial charge is 0.242 e. The topological polar surface area (TPSA) is 63.2 Å². The number of rotatable bonds is 8. The van der Waals surface area contributed by atoms with E-state index in [2.05, 4.69) is 15.6 Å². The van der Waals surface area contributed by atoms with Gasteiger partial charge in [-0.2, -0.15) is 0 Å². The highest BCUT2D eigenvalue weighted by Crippen LogP contribution is 2.18. The van der Waals surface area contributed by atoms with Gasteiger partial charge in [0.1, 0.15) is 11.8 Å². The Morgan fingerprint density at radius 2 is 2.17 bits per heavy atom. The summed E-state index contributed by atoms with van der Waals surface area (Å²) in [7, 11) is 1.63. The minimum absolute atomic E-state index is 0.000731. The Bertz CT molecular complexity index is 617. The molecule has 2 aromatic rings. The number of hydrogen-bond acceptors (Lipinski definition) is 4. The average molecular weight is 313 g/mol. The summed E-state index contributed by atoms with van der Waals surface area (Å²) in [5, 5.41) is 6.22. The lowest BCUT2D eigenvalue weighted by Gasteiger charge is -2.18. The summed E-state index contributed by atoms with van der Waals surface area (Å²) in [6.07, 6.45) is 5.04. The van der Waals surface area contributed by atoms with Gasteiger partial charge in [0, 0.05) is 30.7 Å². The minimum atomic E-state index is -0.268. The van der Waals surface area contributed by atoms with Crippen molar-refractivity contribution in [2.75, 3.05) is 19.0 Å². The van der Waals surface area contributed by atoms with Crippen molar-refractivity contribution in [1.29, 1.82) is 0 Å². The van der Waals surface area contributed by atoms with Crippen molar-refractivity contribution < 1.29 is 9.53 Å². The van der Waals surface area contributed by atoms with Gasteiger partial charge in [-0.25, -0.2) is 0 Å². The zero-order valence-corrected chi connectivity index (χ0v) is 13.6. The lowest BCUT2D eigenvalue weighted by molar-refractivity contribution is -0.121. The van der Waals surface area contributed by atoms with Crippen LogP contribution in [0, 0.1) is 0 Å². The first-order valence-electron chi connectivity index (χ1n) is 7.80. The molecule has 1 aromatic carbocycles. The van der Waals surface area contributed by atoms with E-state index in [1.165, 1.54) is 0 Å². The first-order valence-corrected chi connectivity index (χ1v) is 7.80. The predicted octanol–water partition coefficient (Wildman–Crippen LogP) is 2.64. The van der Waals surface area contributed by atoms with Gasteiger partial charge in [-0.15, -0.1) is 0 Å². The summed E-state index contributed by atoms with van der Waals surface area (Å²) in [6, 6.07) is 11.2. The highest BCUT2D eigenvalue weighted by molar-refractivity contribution is 5.84. The summed E-state index contributed by atoms with van der Waals surface area (Å²) >= 11 is 0. The minimum Gasteiger partial charge on any atom is -0.497 e. The maximum absolute atomic E-state index is 12.3. The Morgan fingerprint density at radius 1 is 1.30 bits per heavy atom. The molecule has 0 bridgehead atoms. The van der Waals surface area contributed by atoms with Gasteiger partial charge < -0.3 is 15.4 Å². The molecular formula is C18H23N3O2. The van der Waals surface area contributed by atoms with Crippen LogP contribution in [0.25, 0.3) is 0 Å². The number of hydrogen-bond donors (Lipinski definition) is 2. The van der Waals surface area contributed by atoms with Crippen LogP contribution in [0.1, 0.15) is 18.9 Å². The van der Waals surface area contributed by atoms with Gasteiger partial charge in [-0.05, 0) is 36.6 Å². The normalized spacial score (nSPS) is 11.6. The Hall–Kier alpha value is -2.56. The molecule has 1 amide bonds. The van der Waals surface area contributed by atoms with Gasteiger partial charge in [0.05, 0.1) is 7.11 Å². The van der Waals surface area contributed by atoms with Crippen molar-refractivity contribution in [2.24, 2.45) is 0 Å². The summed E-state index contributed by atoms with van der Waals surface area (Å²) in [5.41, 5.74) is 1.99. The number of carbonyl (C=O) groups is 1. The van der Waals surface area contributed by atoms with E-state index in [9.17, 15) is 4.79 Å². The zero-order valence-electron chi connectivity index (χ0n) is 13.6. The molecule has 0 saturated heterocycles. The summed E-state index contributed by atoms with van der Waals surface area (Å²) in [4.78, 5) is 16.4. The van der Waals surface area contributed by atoms with Crippen LogP contribution in [-0.2, 0) is 11.2 Å². The lowest BCUT2D eigenvalue weighted by Crippen LogP contribution is -2.40. The number of nitrogens with one attached hydrogen (secondary N) is 2. The molecule has 23 heavy (non-hydrogen) atoms. The monoisotopic (exact) mass is 313 g/mol. The van der Waals surface area contributed by atoms with E-state index in [1.54, 1.807) is 13.3 Å². The molecule has 122 valence electrons. The number of pyridine rings is 1. The second-order valence-corrected chi connectivity index (χ2v) is 5.24. The molecule has 0 aliphatic carbocycles. The van der Waals surface area contributed by atoms with E-state index >= 15 is 0 Å². The second kappa shape index (κ2) is 8.78. The molecule has 0 saturated carbocycles. The highest BCUT2D eigenvalue weighted by Gasteiger charge is 2.15. The fourth-order valence-corrected chi connectivity index (χ4v) is 2.27. The molecule has 2 N–H and O–H groups in total. The molecule has 2 rings (SSSR count). The molecule has 0 unspecified atom stereocenters. The molecule has 0 aliphatic rings. The van der Waals surface area contributed by atoms with Crippen LogP contribution >= 0.6 is 0 Å². The van der Waals surface area contributed by atoms with Gasteiger partial charge in [0.2, 0.25) is 5.91 Å². The van der Waals surface area contributed by atoms with Gasteiger partial charge in [0.25, 0.3) is 0 Å². The quantitative estimate of drug-likeness (QED) is 0.786. The molecule has 1 aromatic heterocycles. The number of ether oxygens (including phenoxy) is 1. The fourth-order valence-electron chi connectivity index (χ4n) is 2.27. The number of methoxy groups -OCH3 is 1. The Morgan fingerprint density at radius 3 is 2.87 bits per heavy atom. The van der Waals surface area contributed by atoms with E-state index in [0.717, 1.165) is 23.4 Å². The predicted molar refractivity (Wildman–Crippen MR) is 91.6 cm³/mol. The zero-order chi connectivity index (χ0) is 16.5. The van der Waals surface area contributed by atoms with Crippen LogP contribution < -0.4 is 15.4 Å². The van der Waals surface area contributed by atoms with Crippen LogP contribution in [0.2, 0.25) is 0 Å². The molecule has 0 fully saturated rings. The fraction of sp³-hybridized carbons (Fsp3) is 0.333. The first-order chi connectivity index (χ1) is 11.2. The second-order valence-electron chi connectivity index (χ2n) is 5.24. The van der Waals surface area contributed by atoms with E-state index in [1.807, 2.05) is 49.5 Å². The summed E-state index contributed by atoms with van der Waals surface area (Å²) in [6.45, 7) is 2.58. The van der Waals surface area contributed by atoms with Crippen LogP contribution in [0.3, 0.4) is 0 Å². The number of amides is 1. The number of aromatic nitrogens is 1. The molecule has 0 radical (unpaired) electrons. The molecule has 0 spiro atoms. The van der Waals surface area contributed by atoms with Gasteiger partial charge >= 0.3 is 0 Å². The Labute approximate surface area is 137 Å². The van der Waals surface area contributed by atoms with Crippen molar-refractivity contribution in [2.45, 2.75) is 25.8 Å². The third-order valence-electron chi connectivity index (χ3n) is 3.57. The van der Waals surface area contributed by atoms with E-state index < -0.39 is 0 Å². The largest absolute Gasteiger partial charge is 0.497 e. The number of benzene rings is 1. The number of nitrogens with zero attached hydrogens (tertiary/aromatic N) is 1. The Balaban J connectivity index is 1.85. The standard InChI is InChI=1S/C18H23N3O2/c1-3-17(21-15-7-4-8-16(12-15)23-2)18(22)20-11-9-14-6-5-10-19-13-14/h4-8,10,12-13,17,21H,3,9,11H2,1-2H3,(H,20,22)/t17-/m1/s1. The van der Waals surface area contributed by atoms with Gasteiger partial charge in [-0.3, -0.25) is 9.78 Å².